The van der Waals surface area contributed by atoms with Gasteiger partial charge >= 0.3 is 0 Å². The highest BCUT2D eigenvalue weighted by Gasteiger charge is 2.22. The lowest BCUT2D eigenvalue weighted by atomic mass is 10.0. The minimum atomic E-state index is 0.796. The third kappa shape index (κ3) is 2.46. The zero-order chi connectivity index (χ0) is 7.52. The Bertz CT molecular complexity index is 117. The van der Waals surface area contributed by atoms with Crippen molar-refractivity contribution >= 4 is 0 Å². The van der Waals surface area contributed by atoms with Crippen molar-refractivity contribution in [1.82, 2.24) is 5.32 Å². The normalized spacial score (nSPS) is 32.2. The number of rotatable bonds is 3. The van der Waals surface area contributed by atoms with Crippen LogP contribution in [0.25, 0.3) is 0 Å². The molecule has 0 aromatic rings. The minimum absolute atomic E-state index is 0.796. The van der Waals surface area contributed by atoms with Gasteiger partial charge < -0.3 is 10.1 Å². The molecule has 0 radical (unpaired) electrons. The van der Waals surface area contributed by atoms with E-state index < -0.39 is 0 Å². The fourth-order valence-electron chi connectivity index (χ4n) is 1.59. The van der Waals surface area contributed by atoms with Crippen molar-refractivity contribution in [2.45, 2.75) is 31.7 Å². The summed E-state index contributed by atoms with van der Waals surface area (Å²) in [6, 6.07) is 0.858. The highest BCUT2D eigenvalue weighted by Crippen LogP contribution is 2.20. The van der Waals surface area contributed by atoms with Crippen molar-refractivity contribution in [3.63, 3.8) is 0 Å². The maximum atomic E-state index is 5.39. The largest absolute Gasteiger partial charge is 0.381 e. The van der Waals surface area contributed by atoms with Gasteiger partial charge in [-0.1, -0.05) is 0 Å². The summed E-state index contributed by atoms with van der Waals surface area (Å²) >= 11 is 0. The van der Waals surface area contributed by atoms with Gasteiger partial charge in [0.2, 0.25) is 0 Å². The quantitative estimate of drug-likeness (QED) is 0.660. The van der Waals surface area contributed by atoms with Crippen molar-refractivity contribution in [3.8, 4) is 0 Å². The fourth-order valence-corrected chi connectivity index (χ4v) is 1.59. The van der Waals surface area contributed by atoms with E-state index >= 15 is 0 Å². The summed E-state index contributed by atoms with van der Waals surface area (Å²) in [5.74, 6) is 0.796. The van der Waals surface area contributed by atoms with Crippen molar-refractivity contribution < 1.29 is 4.74 Å². The topological polar surface area (TPSA) is 21.3 Å². The van der Waals surface area contributed by atoms with Gasteiger partial charge in [-0.2, -0.15) is 0 Å². The van der Waals surface area contributed by atoms with E-state index in [1.54, 1.807) is 0 Å². The van der Waals surface area contributed by atoms with Crippen molar-refractivity contribution in [2.24, 2.45) is 5.92 Å². The van der Waals surface area contributed by atoms with Gasteiger partial charge in [-0.25, -0.2) is 0 Å². The predicted octanol–water partition coefficient (Wildman–Crippen LogP) is 1.16. The first-order valence-corrected chi connectivity index (χ1v) is 4.76. The molecule has 1 aliphatic heterocycles. The Labute approximate surface area is 68.3 Å². The Morgan fingerprint density at radius 2 is 2.18 bits per heavy atom. The molecule has 11 heavy (non-hydrogen) atoms. The zero-order valence-electron chi connectivity index (χ0n) is 7.01. The summed E-state index contributed by atoms with van der Waals surface area (Å²) in [6.07, 6.45) is 5.41. The molecule has 0 amide bonds. The number of hydrogen-bond acceptors (Lipinski definition) is 2. The molecule has 2 nitrogen and oxygen atoms in total. The zero-order valence-corrected chi connectivity index (χ0v) is 7.01. The van der Waals surface area contributed by atoms with Crippen LogP contribution in [0.5, 0.6) is 0 Å². The predicted molar refractivity (Wildman–Crippen MR) is 44.6 cm³/mol. The second-order valence-electron chi connectivity index (χ2n) is 3.77. The molecule has 64 valence electrons. The van der Waals surface area contributed by atoms with Crippen LogP contribution in [0.2, 0.25) is 0 Å². The van der Waals surface area contributed by atoms with Gasteiger partial charge in [0, 0.05) is 19.2 Å². The van der Waals surface area contributed by atoms with Gasteiger partial charge in [0.1, 0.15) is 0 Å². The molecule has 0 spiro atoms. The van der Waals surface area contributed by atoms with Crippen LogP contribution in [0.1, 0.15) is 25.7 Å². The first-order chi connectivity index (χ1) is 5.45. The molecular weight excluding hydrogens is 138 g/mol. The molecule has 1 aliphatic carbocycles. The molecular formula is C9H17NO. The van der Waals surface area contributed by atoms with Crippen LogP contribution in [-0.4, -0.2) is 25.8 Å². The standard InChI is InChI=1S/C9H17NO/c1-2-8(7-11-5-1)6-10-9-3-4-9/h8-10H,1-7H2/t8-/m1/s1. The van der Waals surface area contributed by atoms with Gasteiger partial charge in [0.05, 0.1) is 6.61 Å². The Kier molecular flexibility index (Phi) is 2.44. The highest BCUT2D eigenvalue weighted by molar-refractivity contribution is 4.82. The van der Waals surface area contributed by atoms with Crippen LogP contribution in [0.3, 0.4) is 0 Å². The van der Waals surface area contributed by atoms with Crippen molar-refractivity contribution in [3.05, 3.63) is 0 Å². The van der Waals surface area contributed by atoms with E-state index in [0.29, 0.717) is 0 Å². The van der Waals surface area contributed by atoms with Crippen LogP contribution in [-0.2, 0) is 4.74 Å². The Balaban J connectivity index is 1.59. The average molecular weight is 155 g/mol. The molecule has 1 saturated heterocycles. The molecule has 1 atom stereocenters. The molecule has 2 rings (SSSR count). The summed E-state index contributed by atoms with van der Waals surface area (Å²) < 4.78 is 5.39. The molecule has 0 aromatic heterocycles. The molecule has 0 unspecified atom stereocenters. The monoisotopic (exact) mass is 155 g/mol. The molecule has 0 bridgehead atoms. The van der Waals surface area contributed by atoms with Crippen LogP contribution >= 0.6 is 0 Å². The second-order valence-corrected chi connectivity index (χ2v) is 3.77. The molecule has 2 fully saturated rings. The Morgan fingerprint density at radius 1 is 1.27 bits per heavy atom. The van der Waals surface area contributed by atoms with E-state index in [1.807, 2.05) is 0 Å². The summed E-state index contributed by atoms with van der Waals surface area (Å²) in [7, 11) is 0. The lowest BCUT2D eigenvalue weighted by Gasteiger charge is -2.22. The van der Waals surface area contributed by atoms with Gasteiger partial charge in [0.15, 0.2) is 0 Å². The summed E-state index contributed by atoms with van der Waals surface area (Å²) in [6.45, 7) is 3.16. The van der Waals surface area contributed by atoms with E-state index in [4.69, 9.17) is 4.74 Å². The first kappa shape index (κ1) is 7.56. The summed E-state index contributed by atoms with van der Waals surface area (Å²) in [4.78, 5) is 0. The molecule has 2 heteroatoms. The molecule has 2 aliphatic rings. The van der Waals surface area contributed by atoms with Crippen LogP contribution < -0.4 is 5.32 Å². The fraction of sp³-hybridized carbons (Fsp3) is 1.00. The van der Waals surface area contributed by atoms with Crippen LogP contribution in [0.15, 0.2) is 0 Å². The SMILES string of the molecule is C1COC[C@@H](CNC2CC2)C1. The summed E-state index contributed by atoms with van der Waals surface area (Å²) in [5.41, 5.74) is 0. The van der Waals surface area contributed by atoms with Gasteiger partial charge in [-0.15, -0.1) is 0 Å². The smallest absolute Gasteiger partial charge is 0.0506 e. The molecule has 1 heterocycles. The molecule has 1 N–H and O–H groups in total. The number of ether oxygens (including phenoxy) is 1. The maximum absolute atomic E-state index is 5.39. The van der Waals surface area contributed by atoms with E-state index in [2.05, 4.69) is 5.32 Å². The Morgan fingerprint density at radius 3 is 2.82 bits per heavy atom. The molecule has 0 aromatic carbocycles. The minimum Gasteiger partial charge on any atom is -0.381 e. The van der Waals surface area contributed by atoms with E-state index in [-0.39, 0.29) is 0 Å². The Hall–Kier alpha value is -0.0800. The first-order valence-electron chi connectivity index (χ1n) is 4.76. The lowest BCUT2D eigenvalue weighted by Crippen LogP contribution is -2.30. The van der Waals surface area contributed by atoms with E-state index in [9.17, 15) is 0 Å². The highest BCUT2D eigenvalue weighted by atomic mass is 16.5. The van der Waals surface area contributed by atoms with Gasteiger partial charge in [-0.05, 0) is 31.6 Å². The third-order valence-corrected chi connectivity index (χ3v) is 2.53. The lowest BCUT2D eigenvalue weighted by molar-refractivity contribution is 0.0547. The van der Waals surface area contributed by atoms with E-state index in [1.165, 1.54) is 32.2 Å². The maximum Gasteiger partial charge on any atom is 0.0506 e. The van der Waals surface area contributed by atoms with Crippen molar-refractivity contribution in [2.75, 3.05) is 19.8 Å². The third-order valence-electron chi connectivity index (χ3n) is 2.53. The second kappa shape index (κ2) is 3.55. The van der Waals surface area contributed by atoms with E-state index in [0.717, 1.165) is 25.2 Å². The number of hydrogen-bond donors (Lipinski definition) is 1. The summed E-state index contributed by atoms with van der Waals surface area (Å²) in [5, 5.41) is 3.55. The van der Waals surface area contributed by atoms with Crippen LogP contribution in [0, 0.1) is 5.92 Å². The molecule has 1 saturated carbocycles. The van der Waals surface area contributed by atoms with Gasteiger partial charge in [-0.3, -0.25) is 0 Å². The van der Waals surface area contributed by atoms with Gasteiger partial charge in [0.25, 0.3) is 0 Å². The number of nitrogens with one attached hydrogen (secondary N) is 1. The van der Waals surface area contributed by atoms with Crippen molar-refractivity contribution in [1.29, 1.82) is 0 Å². The average Bonchev–Trinajstić information content (AvgIpc) is 2.86. The van der Waals surface area contributed by atoms with Crippen LogP contribution in [0.4, 0.5) is 0 Å².